The number of nitrogens with one attached hydrogen (secondary N) is 1. The summed E-state index contributed by atoms with van der Waals surface area (Å²) in [7, 11) is 0. The molecule has 70 valence electrons. The molecule has 1 aromatic rings. The molecule has 1 amide bonds. The third-order valence-electron chi connectivity index (χ3n) is 1.46. The molecule has 0 aromatic carbocycles. The highest BCUT2D eigenvalue weighted by Crippen LogP contribution is 2.21. The van der Waals surface area contributed by atoms with Gasteiger partial charge in [-0.3, -0.25) is 9.78 Å². The number of hydrogen-bond donors (Lipinski definition) is 1. The van der Waals surface area contributed by atoms with Gasteiger partial charge in [-0.1, -0.05) is 6.92 Å². The lowest BCUT2D eigenvalue weighted by molar-refractivity contribution is -0.105. The molecule has 1 N–H and O–H groups in total. The van der Waals surface area contributed by atoms with Gasteiger partial charge in [-0.2, -0.15) is 0 Å². The SMILES string of the molecule is CCCOc1ccncc1NC=O. The highest BCUT2D eigenvalue weighted by molar-refractivity contribution is 5.74. The van der Waals surface area contributed by atoms with Crippen LogP contribution in [0.5, 0.6) is 5.75 Å². The van der Waals surface area contributed by atoms with E-state index in [0.717, 1.165) is 6.42 Å². The maximum atomic E-state index is 10.2. The van der Waals surface area contributed by atoms with Gasteiger partial charge in [0, 0.05) is 12.3 Å². The zero-order valence-corrected chi connectivity index (χ0v) is 7.49. The van der Waals surface area contributed by atoms with Crippen molar-refractivity contribution in [3.05, 3.63) is 18.5 Å². The van der Waals surface area contributed by atoms with E-state index in [-0.39, 0.29) is 0 Å². The van der Waals surface area contributed by atoms with E-state index in [4.69, 9.17) is 4.74 Å². The van der Waals surface area contributed by atoms with Crippen LogP contribution < -0.4 is 10.1 Å². The summed E-state index contributed by atoms with van der Waals surface area (Å²) < 4.78 is 5.38. The molecule has 0 fully saturated rings. The van der Waals surface area contributed by atoms with Gasteiger partial charge in [0.05, 0.1) is 12.8 Å². The standard InChI is InChI=1S/C9H12N2O2/c1-2-5-13-9-3-4-10-6-8(9)11-7-12/h3-4,6-7H,2,5H2,1H3,(H,11,12). The summed E-state index contributed by atoms with van der Waals surface area (Å²) in [6.07, 6.45) is 4.72. The Kier molecular flexibility index (Phi) is 3.75. The second-order valence-corrected chi connectivity index (χ2v) is 2.48. The number of ether oxygens (including phenoxy) is 1. The molecule has 0 unspecified atom stereocenters. The maximum Gasteiger partial charge on any atom is 0.211 e. The number of pyridine rings is 1. The Balaban J connectivity index is 2.71. The Bertz CT molecular complexity index is 276. The van der Waals surface area contributed by atoms with E-state index in [1.165, 1.54) is 0 Å². The number of rotatable bonds is 5. The Morgan fingerprint density at radius 1 is 1.69 bits per heavy atom. The molecule has 1 aromatic heterocycles. The van der Waals surface area contributed by atoms with Gasteiger partial charge in [-0.25, -0.2) is 0 Å². The second-order valence-electron chi connectivity index (χ2n) is 2.48. The summed E-state index contributed by atoms with van der Waals surface area (Å²) >= 11 is 0. The van der Waals surface area contributed by atoms with E-state index >= 15 is 0 Å². The van der Waals surface area contributed by atoms with Crippen LogP contribution in [0.25, 0.3) is 0 Å². The van der Waals surface area contributed by atoms with Gasteiger partial charge >= 0.3 is 0 Å². The van der Waals surface area contributed by atoms with E-state index in [9.17, 15) is 4.79 Å². The van der Waals surface area contributed by atoms with Crippen LogP contribution in [0.3, 0.4) is 0 Å². The van der Waals surface area contributed by atoms with Crippen molar-refractivity contribution in [3.8, 4) is 5.75 Å². The van der Waals surface area contributed by atoms with Crippen LogP contribution in [0.2, 0.25) is 0 Å². The van der Waals surface area contributed by atoms with Crippen LogP contribution in [-0.4, -0.2) is 18.0 Å². The zero-order valence-electron chi connectivity index (χ0n) is 7.49. The van der Waals surface area contributed by atoms with Crippen LogP contribution in [0.4, 0.5) is 5.69 Å². The smallest absolute Gasteiger partial charge is 0.211 e. The minimum atomic E-state index is 0.603. The van der Waals surface area contributed by atoms with Crippen molar-refractivity contribution in [1.82, 2.24) is 4.98 Å². The molecule has 0 aliphatic carbocycles. The fourth-order valence-corrected chi connectivity index (χ4v) is 0.891. The van der Waals surface area contributed by atoms with Gasteiger partial charge in [-0.15, -0.1) is 0 Å². The first-order chi connectivity index (χ1) is 6.38. The predicted octanol–water partition coefficient (Wildman–Crippen LogP) is 1.44. The van der Waals surface area contributed by atoms with Gasteiger partial charge < -0.3 is 10.1 Å². The van der Waals surface area contributed by atoms with E-state index in [2.05, 4.69) is 10.3 Å². The summed E-state index contributed by atoms with van der Waals surface area (Å²) in [5.41, 5.74) is 0.603. The largest absolute Gasteiger partial charge is 0.491 e. The minimum Gasteiger partial charge on any atom is -0.491 e. The van der Waals surface area contributed by atoms with Gasteiger partial charge in [0.25, 0.3) is 0 Å². The van der Waals surface area contributed by atoms with Crippen molar-refractivity contribution in [2.45, 2.75) is 13.3 Å². The molecule has 0 radical (unpaired) electrons. The quantitative estimate of drug-likeness (QED) is 0.697. The average Bonchev–Trinajstić information content (AvgIpc) is 2.17. The second kappa shape index (κ2) is 5.13. The van der Waals surface area contributed by atoms with Crippen molar-refractivity contribution < 1.29 is 9.53 Å². The molecule has 13 heavy (non-hydrogen) atoms. The number of carbonyl (C=O) groups excluding carboxylic acids is 1. The summed E-state index contributed by atoms with van der Waals surface area (Å²) in [6, 6.07) is 1.72. The number of nitrogens with zero attached hydrogens (tertiary/aromatic N) is 1. The monoisotopic (exact) mass is 180 g/mol. The molecular formula is C9H12N2O2. The lowest BCUT2D eigenvalue weighted by atomic mass is 10.4. The van der Waals surface area contributed by atoms with E-state index in [1.807, 2.05) is 6.92 Å². The molecule has 0 aliphatic rings. The summed E-state index contributed by atoms with van der Waals surface area (Å²) in [5.74, 6) is 0.656. The van der Waals surface area contributed by atoms with Crippen LogP contribution in [0.15, 0.2) is 18.5 Å². The third-order valence-corrected chi connectivity index (χ3v) is 1.46. The van der Waals surface area contributed by atoms with Crippen molar-refractivity contribution in [2.24, 2.45) is 0 Å². The van der Waals surface area contributed by atoms with E-state index in [1.54, 1.807) is 18.5 Å². The molecule has 0 atom stereocenters. The van der Waals surface area contributed by atoms with Crippen molar-refractivity contribution in [3.63, 3.8) is 0 Å². The lowest BCUT2D eigenvalue weighted by Crippen LogP contribution is -2.01. The Hall–Kier alpha value is -1.58. The van der Waals surface area contributed by atoms with Gasteiger partial charge in [0.2, 0.25) is 6.41 Å². The lowest BCUT2D eigenvalue weighted by Gasteiger charge is -2.08. The van der Waals surface area contributed by atoms with E-state index in [0.29, 0.717) is 24.5 Å². The summed E-state index contributed by atoms with van der Waals surface area (Å²) in [6.45, 7) is 2.66. The van der Waals surface area contributed by atoms with Crippen LogP contribution >= 0.6 is 0 Å². The minimum absolute atomic E-state index is 0.603. The molecule has 4 nitrogen and oxygen atoms in total. The molecule has 4 heteroatoms. The highest BCUT2D eigenvalue weighted by Gasteiger charge is 2.00. The van der Waals surface area contributed by atoms with Crippen molar-refractivity contribution in [1.29, 1.82) is 0 Å². The molecule has 0 aliphatic heterocycles. The highest BCUT2D eigenvalue weighted by atomic mass is 16.5. The summed E-state index contributed by atoms with van der Waals surface area (Å²) in [4.78, 5) is 14.1. The number of hydrogen-bond acceptors (Lipinski definition) is 3. The first-order valence-electron chi connectivity index (χ1n) is 4.15. The number of carbonyl (C=O) groups is 1. The number of aromatic nitrogens is 1. The fourth-order valence-electron chi connectivity index (χ4n) is 0.891. The van der Waals surface area contributed by atoms with Gasteiger partial charge in [-0.05, 0) is 6.42 Å². The fraction of sp³-hybridized carbons (Fsp3) is 0.333. The van der Waals surface area contributed by atoms with Crippen LogP contribution in [0, 0.1) is 0 Å². The van der Waals surface area contributed by atoms with Crippen LogP contribution in [0.1, 0.15) is 13.3 Å². The molecule has 0 bridgehead atoms. The van der Waals surface area contributed by atoms with Gasteiger partial charge in [0.1, 0.15) is 11.4 Å². The maximum absolute atomic E-state index is 10.2. The number of anilines is 1. The van der Waals surface area contributed by atoms with Crippen molar-refractivity contribution in [2.75, 3.05) is 11.9 Å². The third kappa shape index (κ3) is 2.74. The Morgan fingerprint density at radius 2 is 2.54 bits per heavy atom. The Morgan fingerprint density at radius 3 is 3.23 bits per heavy atom. The first kappa shape index (κ1) is 9.51. The normalized spacial score (nSPS) is 9.31. The molecule has 0 saturated carbocycles. The van der Waals surface area contributed by atoms with Gasteiger partial charge in [0.15, 0.2) is 0 Å². The molecule has 1 heterocycles. The predicted molar refractivity (Wildman–Crippen MR) is 49.7 cm³/mol. The van der Waals surface area contributed by atoms with Crippen molar-refractivity contribution >= 4 is 12.1 Å². The average molecular weight is 180 g/mol. The molecule has 0 spiro atoms. The Labute approximate surface area is 76.9 Å². The van der Waals surface area contributed by atoms with Crippen LogP contribution in [-0.2, 0) is 4.79 Å². The molecule has 0 saturated heterocycles. The summed E-state index contributed by atoms with van der Waals surface area (Å²) in [5, 5.41) is 2.52. The topological polar surface area (TPSA) is 51.2 Å². The molecule has 1 rings (SSSR count). The zero-order chi connectivity index (χ0) is 9.52. The first-order valence-corrected chi connectivity index (χ1v) is 4.15. The number of amides is 1. The molecular weight excluding hydrogens is 168 g/mol. The van der Waals surface area contributed by atoms with E-state index < -0.39 is 0 Å².